The predicted molar refractivity (Wildman–Crippen MR) is 83.5 cm³/mol. The molecule has 0 atom stereocenters. The fourth-order valence-corrected chi connectivity index (χ4v) is 2.51. The lowest BCUT2D eigenvalue weighted by Crippen LogP contribution is -2.43. The van der Waals surface area contributed by atoms with Gasteiger partial charge in [0.15, 0.2) is 0 Å². The van der Waals surface area contributed by atoms with E-state index in [-0.39, 0.29) is 17.9 Å². The van der Waals surface area contributed by atoms with Crippen molar-refractivity contribution in [2.24, 2.45) is 0 Å². The minimum atomic E-state index is -0.133. The van der Waals surface area contributed by atoms with Crippen molar-refractivity contribution in [3.8, 4) is 0 Å². The molecule has 2 rings (SSSR count). The molecule has 0 spiro atoms. The molecule has 5 nitrogen and oxygen atoms in total. The number of nitrogens with zero attached hydrogens (tertiary/aromatic N) is 1. The molecule has 1 heterocycles. The molecule has 0 unspecified atom stereocenters. The summed E-state index contributed by atoms with van der Waals surface area (Å²) in [5.41, 5.74) is 2.22. The number of hydrogen-bond acceptors (Lipinski definition) is 3. The smallest absolute Gasteiger partial charge is 0.251 e. The number of hydrogen-bond donors (Lipinski definition) is 2. The van der Waals surface area contributed by atoms with Crippen LogP contribution in [0.5, 0.6) is 0 Å². The average Bonchev–Trinajstić information content (AvgIpc) is 2.43. The number of carbonyl (C=O) groups is 2. The van der Waals surface area contributed by atoms with Crippen molar-refractivity contribution in [3.63, 3.8) is 0 Å². The highest BCUT2D eigenvalue weighted by Gasteiger charge is 2.19. The van der Waals surface area contributed by atoms with Gasteiger partial charge in [0.1, 0.15) is 0 Å². The molecule has 1 aliphatic heterocycles. The molecule has 0 saturated carbocycles. The zero-order valence-corrected chi connectivity index (χ0v) is 12.9. The van der Waals surface area contributed by atoms with E-state index in [4.69, 9.17) is 0 Å². The molecule has 2 amide bonds. The average molecular weight is 289 g/mol. The standard InChI is InChI=1S/C16H23N3O2/c1-11-4-5-13(10-15(11)17-12(2)20)16(21)18-14-6-8-19(3)9-7-14/h4-5,10,14H,6-9H2,1-3H3,(H,17,20)(H,18,21). The minimum absolute atomic E-state index is 0.0730. The molecule has 5 heteroatoms. The van der Waals surface area contributed by atoms with E-state index in [1.54, 1.807) is 12.1 Å². The van der Waals surface area contributed by atoms with Gasteiger partial charge in [-0.25, -0.2) is 0 Å². The largest absolute Gasteiger partial charge is 0.349 e. The summed E-state index contributed by atoms with van der Waals surface area (Å²) in [5, 5.41) is 5.83. The molecule has 2 N–H and O–H groups in total. The van der Waals surface area contributed by atoms with Crippen LogP contribution in [-0.4, -0.2) is 42.9 Å². The first-order chi connectivity index (χ1) is 9.95. The van der Waals surface area contributed by atoms with Crippen molar-refractivity contribution in [1.29, 1.82) is 0 Å². The molecule has 0 aliphatic carbocycles. The van der Waals surface area contributed by atoms with E-state index in [9.17, 15) is 9.59 Å². The van der Waals surface area contributed by atoms with Crippen LogP contribution < -0.4 is 10.6 Å². The molecule has 1 aromatic carbocycles. The molecule has 21 heavy (non-hydrogen) atoms. The van der Waals surface area contributed by atoms with Gasteiger partial charge < -0.3 is 15.5 Å². The van der Waals surface area contributed by atoms with Crippen LogP contribution in [0.25, 0.3) is 0 Å². The van der Waals surface area contributed by atoms with Gasteiger partial charge in [-0.3, -0.25) is 9.59 Å². The zero-order chi connectivity index (χ0) is 15.4. The van der Waals surface area contributed by atoms with E-state index in [0.29, 0.717) is 11.3 Å². The first kappa shape index (κ1) is 15.5. The summed E-state index contributed by atoms with van der Waals surface area (Å²) in [6.07, 6.45) is 1.96. The van der Waals surface area contributed by atoms with Crippen molar-refractivity contribution < 1.29 is 9.59 Å². The lowest BCUT2D eigenvalue weighted by atomic mass is 10.0. The van der Waals surface area contributed by atoms with Gasteiger partial charge in [-0.1, -0.05) is 6.07 Å². The lowest BCUT2D eigenvalue weighted by molar-refractivity contribution is -0.114. The Balaban J connectivity index is 2.03. The maximum Gasteiger partial charge on any atom is 0.251 e. The summed E-state index contributed by atoms with van der Waals surface area (Å²) < 4.78 is 0. The third-order valence-electron chi connectivity index (χ3n) is 3.86. The Morgan fingerprint density at radius 1 is 1.24 bits per heavy atom. The molecule has 1 fully saturated rings. The maximum absolute atomic E-state index is 12.3. The minimum Gasteiger partial charge on any atom is -0.349 e. The summed E-state index contributed by atoms with van der Waals surface area (Å²) >= 11 is 0. The highest BCUT2D eigenvalue weighted by Crippen LogP contribution is 2.17. The number of likely N-dealkylation sites (tertiary alicyclic amines) is 1. The number of benzene rings is 1. The number of aryl methyl sites for hydroxylation is 1. The van der Waals surface area contributed by atoms with Crippen LogP contribution in [0.2, 0.25) is 0 Å². The van der Waals surface area contributed by atoms with Crippen LogP contribution >= 0.6 is 0 Å². The maximum atomic E-state index is 12.3. The molecular weight excluding hydrogens is 266 g/mol. The monoisotopic (exact) mass is 289 g/mol. The number of amides is 2. The second-order valence-electron chi connectivity index (χ2n) is 5.76. The molecule has 114 valence electrons. The van der Waals surface area contributed by atoms with Crippen molar-refractivity contribution in [3.05, 3.63) is 29.3 Å². The van der Waals surface area contributed by atoms with Crippen LogP contribution in [0.15, 0.2) is 18.2 Å². The topological polar surface area (TPSA) is 61.4 Å². The lowest BCUT2D eigenvalue weighted by Gasteiger charge is -2.29. The Kier molecular flexibility index (Phi) is 4.96. The third-order valence-corrected chi connectivity index (χ3v) is 3.86. The number of anilines is 1. The first-order valence-electron chi connectivity index (χ1n) is 7.33. The summed E-state index contributed by atoms with van der Waals surface area (Å²) in [6, 6.07) is 5.63. The number of carbonyl (C=O) groups excluding carboxylic acids is 2. The van der Waals surface area contributed by atoms with E-state index < -0.39 is 0 Å². The molecule has 1 aliphatic rings. The van der Waals surface area contributed by atoms with Crippen molar-refractivity contribution in [1.82, 2.24) is 10.2 Å². The van der Waals surface area contributed by atoms with Gasteiger partial charge in [0.05, 0.1) is 0 Å². The Morgan fingerprint density at radius 3 is 2.52 bits per heavy atom. The van der Waals surface area contributed by atoms with Gasteiger partial charge in [0.25, 0.3) is 5.91 Å². The molecule has 1 saturated heterocycles. The van der Waals surface area contributed by atoms with Gasteiger partial charge in [0, 0.05) is 24.2 Å². The van der Waals surface area contributed by atoms with Crippen LogP contribution in [-0.2, 0) is 4.79 Å². The van der Waals surface area contributed by atoms with E-state index in [1.807, 2.05) is 13.0 Å². The highest BCUT2D eigenvalue weighted by molar-refractivity contribution is 5.97. The van der Waals surface area contributed by atoms with E-state index in [1.165, 1.54) is 6.92 Å². The third kappa shape index (κ3) is 4.29. The Bertz CT molecular complexity index is 534. The van der Waals surface area contributed by atoms with Gasteiger partial charge >= 0.3 is 0 Å². The SMILES string of the molecule is CC(=O)Nc1cc(C(=O)NC2CCN(C)CC2)ccc1C. The van der Waals surface area contributed by atoms with Crippen LogP contribution in [0.1, 0.15) is 35.7 Å². The Labute approximate surface area is 125 Å². The number of nitrogens with one attached hydrogen (secondary N) is 2. The van der Waals surface area contributed by atoms with E-state index >= 15 is 0 Å². The van der Waals surface area contributed by atoms with Crippen molar-refractivity contribution in [2.45, 2.75) is 32.7 Å². The summed E-state index contributed by atoms with van der Waals surface area (Å²) in [7, 11) is 2.09. The predicted octanol–water partition coefficient (Wildman–Crippen LogP) is 1.78. The van der Waals surface area contributed by atoms with Crippen molar-refractivity contribution >= 4 is 17.5 Å². The van der Waals surface area contributed by atoms with Gasteiger partial charge in [0.2, 0.25) is 5.91 Å². The van der Waals surface area contributed by atoms with Gasteiger partial charge in [-0.05, 0) is 57.6 Å². The molecule has 1 aromatic rings. The fourth-order valence-electron chi connectivity index (χ4n) is 2.51. The molecule has 0 bridgehead atoms. The van der Waals surface area contributed by atoms with Gasteiger partial charge in [-0.2, -0.15) is 0 Å². The fraction of sp³-hybridized carbons (Fsp3) is 0.500. The summed E-state index contributed by atoms with van der Waals surface area (Å²) in [4.78, 5) is 25.8. The zero-order valence-electron chi connectivity index (χ0n) is 12.9. The Hall–Kier alpha value is -1.88. The first-order valence-corrected chi connectivity index (χ1v) is 7.33. The van der Waals surface area contributed by atoms with E-state index in [2.05, 4.69) is 22.6 Å². The summed E-state index contributed by atoms with van der Waals surface area (Å²) in [5.74, 6) is -0.206. The van der Waals surface area contributed by atoms with Crippen molar-refractivity contribution in [2.75, 3.05) is 25.5 Å². The molecular formula is C16H23N3O2. The number of rotatable bonds is 3. The molecule has 0 radical (unpaired) electrons. The van der Waals surface area contributed by atoms with Crippen LogP contribution in [0, 0.1) is 6.92 Å². The molecule has 0 aromatic heterocycles. The van der Waals surface area contributed by atoms with Crippen LogP contribution in [0.3, 0.4) is 0 Å². The Morgan fingerprint density at radius 2 is 1.90 bits per heavy atom. The van der Waals surface area contributed by atoms with Crippen LogP contribution in [0.4, 0.5) is 5.69 Å². The normalized spacial score (nSPS) is 16.5. The second-order valence-corrected chi connectivity index (χ2v) is 5.76. The quantitative estimate of drug-likeness (QED) is 0.891. The van der Waals surface area contributed by atoms with Gasteiger partial charge in [-0.15, -0.1) is 0 Å². The summed E-state index contributed by atoms with van der Waals surface area (Å²) in [6.45, 7) is 5.39. The highest BCUT2D eigenvalue weighted by atomic mass is 16.2. The second kappa shape index (κ2) is 6.72. The van der Waals surface area contributed by atoms with E-state index in [0.717, 1.165) is 31.5 Å². The number of piperidine rings is 1.